The van der Waals surface area contributed by atoms with Gasteiger partial charge in [0, 0.05) is 19.7 Å². The summed E-state index contributed by atoms with van der Waals surface area (Å²) in [4.78, 5) is 12.8. The van der Waals surface area contributed by atoms with E-state index in [1.54, 1.807) is 0 Å². The number of nitrogens with zero attached hydrogens (tertiary/aromatic N) is 1. The zero-order valence-electron chi connectivity index (χ0n) is 11.7. The lowest BCUT2D eigenvalue weighted by Crippen LogP contribution is -2.27. The van der Waals surface area contributed by atoms with Gasteiger partial charge >= 0.3 is 5.97 Å². The Labute approximate surface area is 118 Å². The van der Waals surface area contributed by atoms with E-state index in [0.717, 1.165) is 6.54 Å². The van der Waals surface area contributed by atoms with Crippen molar-refractivity contribution >= 4 is 17.3 Å². The van der Waals surface area contributed by atoms with Crippen molar-refractivity contribution in [3.63, 3.8) is 0 Å². The number of aromatic carboxylic acids is 1. The van der Waals surface area contributed by atoms with Crippen LogP contribution in [0.5, 0.6) is 0 Å². The third kappa shape index (κ3) is 3.21. The summed E-state index contributed by atoms with van der Waals surface area (Å²) in [6.45, 7) is 0.829. The molecule has 0 aliphatic heterocycles. The average Bonchev–Trinajstić information content (AvgIpc) is 2.41. The number of carboxylic acid groups (broad SMARTS) is 1. The van der Waals surface area contributed by atoms with E-state index in [2.05, 4.69) is 0 Å². The van der Waals surface area contributed by atoms with Crippen LogP contribution in [0.25, 0.3) is 0 Å². The van der Waals surface area contributed by atoms with E-state index in [1.165, 1.54) is 44.2 Å². The van der Waals surface area contributed by atoms with Gasteiger partial charge in [-0.25, -0.2) is 9.18 Å². The number of anilines is 2. The Morgan fingerprint density at radius 3 is 2.65 bits per heavy atom. The first-order valence-electron chi connectivity index (χ1n) is 7.02. The van der Waals surface area contributed by atoms with E-state index in [9.17, 15) is 9.18 Å². The summed E-state index contributed by atoms with van der Waals surface area (Å²) in [6.07, 6.45) is 6.19. The number of carbonyl (C=O) groups is 1. The Kier molecular flexibility index (Phi) is 4.47. The van der Waals surface area contributed by atoms with E-state index in [1.807, 2.05) is 11.9 Å². The summed E-state index contributed by atoms with van der Waals surface area (Å²) < 4.78 is 13.8. The minimum Gasteiger partial charge on any atom is -0.478 e. The van der Waals surface area contributed by atoms with Gasteiger partial charge in [-0.2, -0.15) is 0 Å². The van der Waals surface area contributed by atoms with Crippen molar-refractivity contribution in [3.05, 3.63) is 23.5 Å². The summed E-state index contributed by atoms with van der Waals surface area (Å²) >= 11 is 0. The molecule has 20 heavy (non-hydrogen) atoms. The molecule has 1 saturated carbocycles. The van der Waals surface area contributed by atoms with Crippen molar-refractivity contribution in [2.75, 3.05) is 24.2 Å². The summed E-state index contributed by atoms with van der Waals surface area (Å²) in [5, 5.41) is 8.87. The largest absolute Gasteiger partial charge is 0.478 e. The summed E-state index contributed by atoms with van der Waals surface area (Å²) in [6, 6.07) is 2.42. The number of hydrogen-bond acceptors (Lipinski definition) is 3. The zero-order valence-corrected chi connectivity index (χ0v) is 11.7. The lowest BCUT2D eigenvalue weighted by molar-refractivity contribution is 0.0692. The lowest BCUT2D eigenvalue weighted by Gasteiger charge is -2.29. The molecule has 0 aromatic heterocycles. The van der Waals surface area contributed by atoms with Gasteiger partial charge in [0.2, 0.25) is 0 Å². The maximum absolute atomic E-state index is 13.8. The second-order valence-corrected chi connectivity index (χ2v) is 5.58. The first kappa shape index (κ1) is 14.6. The fourth-order valence-electron chi connectivity index (χ4n) is 2.93. The number of nitrogens with two attached hydrogens (primary N) is 1. The topological polar surface area (TPSA) is 66.6 Å². The molecule has 1 aromatic rings. The molecule has 4 nitrogen and oxygen atoms in total. The standard InChI is InChI=1S/C15H21FN2O2/c1-18(9-10-5-3-2-4-6-10)14-8-12(16)11(15(19)20)7-13(14)17/h7-8,10H,2-6,9,17H2,1H3,(H,19,20). The number of carboxylic acids is 1. The third-order valence-electron chi connectivity index (χ3n) is 4.01. The van der Waals surface area contributed by atoms with Gasteiger partial charge in [0.15, 0.2) is 0 Å². The maximum atomic E-state index is 13.8. The van der Waals surface area contributed by atoms with Gasteiger partial charge in [-0.1, -0.05) is 19.3 Å². The van der Waals surface area contributed by atoms with Crippen LogP contribution in [0.4, 0.5) is 15.8 Å². The third-order valence-corrected chi connectivity index (χ3v) is 4.01. The first-order valence-corrected chi connectivity index (χ1v) is 7.02. The molecule has 3 N–H and O–H groups in total. The highest BCUT2D eigenvalue weighted by Crippen LogP contribution is 2.30. The fraction of sp³-hybridized carbons (Fsp3) is 0.533. The second-order valence-electron chi connectivity index (χ2n) is 5.58. The van der Waals surface area contributed by atoms with Crippen molar-refractivity contribution in [2.24, 2.45) is 5.92 Å². The number of rotatable bonds is 4. The number of hydrogen-bond donors (Lipinski definition) is 2. The van der Waals surface area contributed by atoms with E-state index >= 15 is 0 Å². The molecule has 1 fully saturated rings. The van der Waals surface area contributed by atoms with Crippen LogP contribution >= 0.6 is 0 Å². The van der Waals surface area contributed by atoms with Crippen molar-refractivity contribution in [1.29, 1.82) is 0 Å². The van der Waals surface area contributed by atoms with Gasteiger partial charge in [-0.05, 0) is 24.8 Å². The summed E-state index contributed by atoms with van der Waals surface area (Å²) in [5.41, 5.74) is 6.36. The lowest BCUT2D eigenvalue weighted by atomic mass is 9.89. The van der Waals surface area contributed by atoms with Crippen molar-refractivity contribution in [1.82, 2.24) is 0 Å². The minimum atomic E-state index is -1.30. The molecule has 2 rings (SSSR count). The van der Waals surface area contributed by atoms with E-state index in [-0.39, 0.29) is 5.56 Å². The van der Waals surface area contributed by atoms with Crippen molar-refractivity contribution in [2.45, 2.75) is 32.1 Å². The fourth-order valence-corrected chi connectivity index (χ4v) is 2.93. The molecule has 0 bridgehead atoms. The molecule has 0 atom stereocenters. The molecule has 0 radical (unpaired) electrons. The molecular weight excluding hydrogens is 259 g/mol. The normalized spacial score (nSPS) is 16.1. The Bertz CT molecular complexity index is 499. The van der Waals surface area contributed by atoms with E-state index in [0.29, 0.717) is 17.3 Å². The number of nitrogen functional groups attached to an aromatic ring is 1. The molecule has 1 aliphatic rings. The van der Waals surface area contributed by atoms with Crippen molar-refractivity contribution in [3.8, 4) is 0 Å². The van der Waals surface area contributed by atoms with Gasteiger partial charge in [0.05, 0.1) is 16.9 Å². The predicted molar refractivity (Wildman–Crippen MR) is 77.6 cm³/mol. The molecule has 0 saturated heterocycles. The smallest absolute Gasteiger partial charge is 0.338 e. The highest BCUT2D eigenvalue weighted by molar-refractivity contribution is 5.90. The first-order chi connectivity index (χ1) is 9.49. The quantitative estimate of drug-likeness (QED) is 0.832. The monoisotopic (exact) mass is 280 g/mol. The van der Waals surface area contributed by atoms with Crippen LogP contribution in [0, 0.1) is 11.7 Å². The Morgan fingerprint density at radius 1 is 1.40 bits per heavy atom. The molecule has 0 heterocycles. The van der Waals surface area contributed by atoms with Crippen LogP contribution in [0.1, 0.15) is 42.5 Å². The number of benzene rings is 1. The van der Waals surface area contributed by atoms with E-state index in [4.69, 9.17) is 10.8 Å². The SMILES string of the molecule is CN(CC1CCCCC1)c1cc(F)c(C(=O)O)cc1N. The molecule has 0 amide bonds. The molecule has 0 spiro atoms. The van der Waals surface area contributed by atoms with Crippen LogP contribution in [0.2, 0.25) is 0 Å². The van der Waals surface area contributed by atoms with E-state index < -0.39 is 11.8 Å². The zero-order chi connectivity index (χ0) is 14.7. The van der Waals surface area contributed by atoms with Gasteiger partial charge < -0.3 is 15.7 Å². The predicted octanol–water partition coefficient (Wildman–Crippen LogP) is 3.12. The number of halogens is 1. The molecule has 110 valence electrons. The van der Waals surface area contributed by atoms with Crippen LogP contribution < -0.4 is 10.6 Å². The van der Waals surface area contributed by atoms with Crippen LogP contribution in [0.15, 0.2) is 12.1 Å². The minimum absolute atomic E-state index is 0.308. The molecule has 1 aliphatic carbocycles. The van der Waals surface area contributed by atoms with Gasteiger partial charge in [0.1, 0.15) is 5.82 Å². The molecule has 1 aromatic carbocycles. The van der Waals surface area contributed by atoms with Crippen LogP contribution in [-0.2, 0) is 0 Å². The summed E-state index contributed by atoms with van der Waals surface area (Å²) in [5.74, 6) is -1.43. The Hall–Kier alpha value is -1.78. The highest BCUT2D eigenvalue weighted by Gasteiger charge is 2.19. The van der Waals surface area contributed by atoms with Crippen molar-refractivity contribution < 1.29 is 14.3 Å². The Balaban J connectivity index is 2.14. The van der Waals surface area contributed by atoms with Gasteiger partial charge in [0.25, 0.3) is 0 Å². The van der Waals surface area contributed by atoms with Crippen LogP contribution in [0.3, 0.4) is 0 Å². The second kappa shape index (κ2) is 6.11. The highest BCUT2D eigenvalue weighted by atomic mass is 19.1. The summed E-state index contributed by atoms with van der Waals surface area (Å²) in [7, 11) is 1.88. The van der Waals surface area contributed by atoms with Gasteiger partial charge in [-0.15, -0.1) is 0 Å². The molecular formula is C15H21FN2O2. The molecule has 5 heteroatoms. The van der Waals surface area contributed by atoms with Crippen LogP contribution in [-0.4, -0.2) is 24.7 Å². The Morgan fingerprint density at radius 2 is 2.05 bits per heavy atom. The molecule has 0 unspecified atom stereocenters. The maximum Gasteiger partial charge on any atom is 0.338 e. The average molecular weight is 280 g/mol. The van der Waals surface area contributed by atoms with Gasteiger partial charge in [-0.3, -0.25) is 0 Å².